The first-order valence-corrected chi connectivity index (χ1v) is 14.2. The molecule has 1 fully saturated rings. The molecule has 1 heterocycles. The molecule has 1 aliphatic rings. The zero-order valence-electron chi connectivity index (χ0n) is 22.7. The van der Waals surface area contributed by atoms with Gasteiger partial charge >= 0.3 is 6.03 Å². The van der Waals surface area contributed by atoms with Gasteiger partial charge in [-0.1, -0.05) is 47.5 Å². The zero-order valence-corrected chi connectivity index (χ0v) is 24.3. The standard InChI is InChI=1S/C31H33Cl2N5O2/c1-3-37(4-2)30(39)25-12-13-36(21-25)14-15-38(31(40)35-28-18-26(32)17-27(33)19-28)29-10-8-23(9-11-29)24-7-5-6-22(16-24)20-34/h5-11,16-19,25H,3-4,12-15,21H2,1-2H3,(H,35,40). The van der Waals surface area contributed by atoms with E-state index in [2.05, 4.69) is 16.3 Å². The predicted octanol–water partition coefficient (Wildman–Crippen LogP) is 6.76. The number of anilines is 2. The Morgan fingerprint density at radius 2 is 1.70 bits per heavy atom. The molecule has 3 aromatic carbocycles. The quantitative estimate of drug-likeness (QED) is 0.304. The van der Waals surface area contributed by atoms with E-state index in [1.165, 1.54) is 0 Å². The van der Waals surface area contributed by atoms with E-state index in [1.54, 1.807) is 29.2 Å². The number of halogens is 2. The zero-order chi connectivity index (χ0) is 28.6. The molecule has 0 bridgehead atoms. The molecule has 3 aromatic rings. The Morgan fingerprint density at radius 1 is 1.00 bits per heavy atom. The fourth-order valence-corrected chi connectivity index (χ4v) is 5.57. The summed E-state index contributed by atoms with van der Waals surface area (Å²) in [5, 5.41) is 13.0. The van der Waals surface area contributed by atoms with Crippen LogP contribution in [0.1, 0.15) is 25.8 Å². The second kappa shape index (κ2) is 13.7. The molecule has 3 amide bonds. The molecule has 0 spiro atoms. The average Bonchev–Trinajstić information content (AvgIpc) is 3.42. The highest BCUT2D eigenvalue weighted by atomic mass is 35.5. The molecule has 0 aromatic heterocycles. The molecule has 1 N–H and O–H groups in total. The highest BCUT2D eigenvalue weighted by Crippen LogP contribution is 2.27. The number of likely N-dealkylation sites (tertiary alicyclic amines) is 1. The van der Waals surface area contributed by atoms with Gasteiger partial charge in [-0.05, 0) is 80.4 Å². The van der Waals surface area contributed by atoms with Crippen molar-refractivity contribution in [2.75, 3.05) is 49.5 Å². The summed E-state index contributed by atoms with van der Waals surface area (Å²) >= 11 is 12.3. The molecule has 208 valence electrons. The number of carbonyl (C=O) groups is 2. The number of nitrogens with one attached hydrogen (secondary N) is 1. The summed E-state index contributed by atoms with van der Waals surface area (Å²) in [4.78, 5) is 32.2. The van der Waals surface area contributed by atoms with Crippen molar-refractivity contribution >= 4 is 46.5 Å². The first-order valence-electron chi connectivity index (χ1n) is 13.5. The minimum atomic E-state index is -0.312. The Labute approximate surface area is 245 Å². The molecule has 9 heteroatoms. The van der Waals surface area contributed by atoms with Crippen molar-refractivity contribution in [3.8, 4) is 17.2 Å². The van der Waals surface area contributed by atoms with Crippen LogP contribution in [0.25, 0.3) is 11.1 Å². The molecule has 1 atom stereocenters. The largest absolute Gasteiger partial charge is 0.343 e. The molecular weight excluding hydrogens is 545 g/mol. The number of nitrogens with zero attached hydrogens (tertiary/aromatic N) is 4. The number of rotatable bonds is 9. The van der Waals surface area contributed by atoms with E-state index in [0.29, 0.717) is 54.0 Å². The van der Waals surface area contributed by atoms with Crippen LogP contribution in [0.4, 0.5) is 16.2 Å². The molecule has 0 saturated carbocycles. The lowest BCUT2D eigenvalue weighted by Crippen LogP contribution is -2.41. The highest BCUT2D eigenvalue weighted by Gasteiger charge is 2.31. The normalized spacial score (nSPS) is 14.9. The van der Waals surface area contributed by atoms with Gasteiger partial charge in [0.15, 0.2) is 0 Å². The molecule has 7 nitrogen and oxygen atoms in total. The van der Waals surface area contributed by atoms with Crippen molar-refractivity contribution in [2.45, 2.75) is 20.3 Å². The molecule has 1 aliphatic heterocycles. The lowest BCUT2D eigenvalue weighted by atomic mass is 10.0. The van der Waals surface area contributed by atoms with Crippen molar-refractivity contribution in [1.82, 2.24) is 9.80 Å². The van der Waals surface area contributed by atoms with Crippen LogP contribution in [0.15, 0.2) is 66.7 Å². The third kappa shape index (κ3) is 7.33. The van der Waals surface area contributed by atoms with E-state index in [9.17, 15) is 14.9 Å². The molecule has 0 aliphatic carbocycles. The summed E-state index contributed by atoms with van der Waals surface area (Å²) in [6.45, 7) is 7.97. The number of hydrogen-bond acceptors (Lipinski definition) is 4. The SMILES string of the molecule is CCN(CC)C(=O)C1CCN(CCN(C(=O)Nc2cc(Cl)cc(Cl)c2)c2ccc(-c3cccc(C#N)c3)cc2)C1. The molecule has 4 rings (SSSR count). The predicted molar refractivity (Wildman–Crippen MR) is 162 cm³/mol. The maximum atomic E-state index is 13.5. The van der Waals surface area contributed by atoms with Gasteiger partial charge in [0.2, 0.25) is 5.91 Å². The number of carbonyl (C=O) groups excluding carboxylic acids is 2. The van der Waals surface area contributed by atoms with Crippen molar-refractivity contribution < 1.29 is 9.59 Å². The molecule has 40 heavy (non-hydrogen) atoms. The van der Waals surface area contributed by atoms with Crippen LogP contribution in [0.2, 0.25) is 10.0 Å². The van der Waals surface area contributed by atoms with Gasteiger partial charge in [-0.25, -0.2) is 4.79 Å². The summed E-state index contributed by atoms with van der Waals surface area (Å²) in [5.74, 6) is 0.190. The fourth-order valence-electron chi connectivity index (χ4n) is 5.04. The average molecular weight is 579 g/mol. The van der Waals surface area contributed by atoms with Crippen LogP contribution in [-0.4, -0.2) is 61.0 Å². The summed E-state index contributed by atoms with van der Waals surface area (Å²) in [6.07, 6.45) is 0.818. The van der Waals surface area contributed by atoms with Gasteiger partial charge in [0.25, 0.3) is 0 Å². The molecule has 0 radical (unpaired) electrons. The Hall–Kier alpha value is -3.57. The van der Waals surface area contributed by atoms with Gasteiger partial charge in [-0.3, -0.25) is 9.69 Å². The number of benzene rings is 3. The summed E-state index contributed by atoms with van der Waals surface area (Å²) in [6, 6.07) is 21.9. The van der Waals surface area contributed by atoms with Crippen LogP contribution in [0.5, 0.6) is 0 Å². The van der Waals surface area contributed by atoms with E-state index >= 15 is 0 Å². The van der Waals surface area contributed by atoms with Gasteiger partial charge in [-0.2, -0.15) is 5.26 Å². The molecule has 1 saturated heterocycles. The topological polar surface area (TPSA) is 79.7 Å². The van der Waals surface area contributed by atoms with Gasteiger partial charge in [-0.15, -0.1) is 0 Å². The number of nitriles is 1. The van der Waals surface area contributed by atoms with E-state index in [1.807, 2.05) is 61.2 Å². The first-order chi connectivity index (χ1) is 19.3. The monoisotopic (exact) mass is 577 g/mol. The second-order valence-corrected chi connectivity index (χ2v) is 10.6. The highest BCUT2D eigenvalue weighted by molar-refractivity contribution is 6.35. The first kappa shape index (κ1) is 29.4. The summed E-state index contributed by atoms with van der Waals surface area (Å²) in [7, 11) is 0. The summed E-state index contributed by atoms with van der Waals surface area (Å²) in [5.41, 5.74) is 3.69. The molecule has 1 unspecified atom stereocenters. The van der Waals surface area contributed by atoms with Gasteiger partial charge < -0.3 is 15.1 Å². The van der Waals surface area contributed by atoms with Crippen molar-refractivity contribution in [2.24, 2.45) is 5.92 Å². The second-order valence-electron chi connectivity index (χ2n) is 9.78. The van der Waals surface area contributed by atoms with Crippen LogP contribution >= 0.6 is 23.2 Å². The Morgan fingerprint density at radius 3 is 2.35 bits per heavy atom. The van der Waals surface area contributed by atoms with Crippen molar-refractivity contribution in [3.63, 3.8) is 0 Å². The lowest BCUT2D eigenvalue weighted by molar-refractivity contribution is -0.134. The van der Waals surface area contributed by atoms with E-state index in [0.717, 1.165) is 29.8 Å². The lowest BCUT2D eigenvalue weighted by Gasteiger charge is -2.27. The third-order valence-corrected chi connectivity index (χ3v) is 7.64. The smallest absolute Gasteiger partial charge is 0.326 e. The van der Waals surface area contributed by atoms with Gasteiger partial charge in [0.05, 0.1) is 17.6 Å². The van der Waals surface area contributed by atoms with Crippen molar-refractivity contribution in [3.05, 3.63) is 82.3 Å². The van der Waals surface area contributed by atoms with Crippen LogP contribution in [0, 0.1) is 17.2 Å². The number of amides is 3. The summed E-state index contributed by atoms with van der Waals surface area (Å²) < 4.78 is 0. The van der Waals surface area contributed by atoms with Crippen LogP contribution in [0.3, 0.4) is 0 Å². The maximum absolute atomic E-state index is 13.5. The Balaban J connectivity index is 1.51. The molecular formula is C31H33Cl2N5O2. The van der Waals surface area contributed by atoms with E-state index in [4.69, 9.17) is 23.2 Å². The van der Waals surface area contributed by atoms with Crippen LogP contribution < -0.4 is 10.2 Å². The third-order valence-electron chi connectivity index (χ3n) is 7.20. The van der Waals surface area contributed by atoms with E-state index in [-0.39, 0.29) is 17.9 Å². The van der Waals surface area contributed by atoms with Gasteiger partial charge in [0, 0.05) is 54.1 Å². The van der Waals surface area contributed by atoms with Crippen LogP contribution in [-0.2, 0) is 4.79 Å². The fraction of sp³-hybridized carbons (Fsp3) is 0.323. The number of urea groups is 1. The van der Waals surface area contributed by atoms with Crippen molar-refractivity contribution in [1.29, 1.82) is 5.26 Å². The Bertz CT molecular complexity index is 1360. The van der Waals surface area contributed by atoms with E-state index < -0.39 is 0 Å². The maximum Gasteiger partial charge on any atom is 0.326 e. The Kier molecular flexibility index (Phi) is 10.1. The minimum absolute atomic E-state index is 0.0146. The number of hydrogen-bond donors (Lipinski definition) is 1. The minimum Gasteiger partial charge on any atom is -0.343 e. The van der Waals surface area contributed by atoms with Gasteiger partial charge in [0.1, 0.15) is 0 Å².